The van der Waals surface area contributed by atoms with Gasteiger partial charge < -0.3 is 4.74 Å². The van der Waals surface area contributed by atoms with Gasteiger partial charge in [-0.3, -0.25) is 9.78 Å². The Balaban J connectivity index is 3.06. The van der Waals surface area contributed by atoms with E-state index in [9.17, 15) is 13.6 Å². The number of esters is 1. The lowest BCUT2D eigenvalue weighted by molar-refractivity contribution is -0.142. The number of pyridine rings is 1. The van der Waals surface area contributed by atoms with Crippen LogP contribution in [0.15, 0.2) is 10.5 Å². The highest BCUT2D eigenvalue weighted by molar-refractivity contribution is 9.10. The van der Waals surface area contributed by atoms with Crippen molar-refractivity contribution in [1.82, 2.24) is 4.98 Å². The van der Waals surface area contributed by atoms with Crippen molar-refractivity contribution >= 4 is 37.8 Å². The highest BCUT2D eigenvalue weighted by atomic mass is 79.9. The van der Waals surface area contributed by atoms with E-state index in [2.05, 4.69) is 36.8 Å². The van der Waals surface area contributed by atoms with Crippen molar-refractivity contribution < 1.29 is 18.3 Å². The van der Waals surface area contributed by atoms with Gasteiger partial charge in [0, 0.05) is 15.4 Å². The molecule has 0 bridgehead atoms. The Labute approximate surface area is 120 Å². The molecule has 18 heavy (non-hydrogen) atoms. The van der Waals surface area contributed by atoms with Gasteiger partial charge in [0.1, 0.15) is 0 Å². The van der Waals surface area contributed by atoms with Crippen molar-refractivity contribution in [3.05, 3.63) is 27.5 Å². The van der Waals surface area contributed by atoms with Gasteiger partial charge in [-0.05, 0) is 28.9 Å². The zero-order valence-corrected chi connectivity index (χ0v) is 12.7. The van der Waals surface area contributed by atoms with E-state index in [0.29, 0.717) is 11.0 Å². The fourth-order valence-corrected chi connectivity index (χ4v) is 2.66. The molecule has 0 aliphatic heterocycles. The molecule has 0 atom stereocenters. The number of carbonyl (C=O) groups excluding carboxylic acids is 1. The monoisotopic (exact) mass is 385 g/mol. The predicted molar refractivity (Wildman–Crippen MR) is 69.9 cm³/mol. The molecule has 3 nitrogen and oxygen atoms in total. The average Bonchev–Trinajstić information content (AvgIpc) is 2.31. The van der Waals surface area contributed by atoms with Crippen LogP contribution in [-0.2, 0) is 21.3 Å². The fourth-order valence-electron chi connectivity index (χ4n) is 1.36. The molecule has 1 aromatic rings. The lowest BCUT2D eigenvalue weighted by Gasteiger charge is -2.10. The van der Waals surface area contributed by atoms with Crippen LogP contribution < -0.4 is 0 Å². The largest absolute Gasteiger partial charge is 0.466 e. The molecule has 0 amide bonds. The minimum absolute atomic E-state index is 0.110. The molecule has 0 aliphatic rings. The summed E-state index contributed by atoms with van der Waals surface area (Å²) in [6.07, 6.45) is -2.73. The molecule has 0 saturated heterocycles. The van der Waals surface area contributed by atoms with Gasteiger partial charge >= 0.3 is 5.97 Å². The summed E-state index contributed by atoms with van der Waals surface area (Å²) < 4.78 is 30.7. The van der Waals surface area contributed by atoms with Crippen LogP contribution in [0.25, 0.3) is 0 Å². The van der Waals surface area contributed by atoms with Crippen molar-refractivity contribution in [1.29, 1.82) is 0 Å². The molecule has 0 unspecified atom stereocenters. The third-order valence-corrected chi connectivity index (χ3v) is 3.55. The molecule has 1 heterocycles. The first kappa shape index (κ1) is 15.5. The maximum atomic E-state index is 12.8. The normalized spacial score (nSPS) is 10.8. The number of aromatic nitrogens is 1. The summed E-state index contributed by atoms with van der Waals surface area (Å²) in [4.78, 5) is 15.4. The van der Waals surface area contributed by atoms with Crippen molar-refractivity contribution in [3.63, 3.8) is 0 Å². The zero-order chi connectivity index (χ0) is 13.7. The van der Waals surface area contributed by atoms with Crippen LogP contribution in [0.1, 0.15) is 30.3 Å². The number of ether oxygens (including phenoxy) is 1. The lowest BCUT2D eigenvalue weighted by Crippen LogP contribution is -2.10. The maximum Gasteiger partial charge on any atom is 0.311 e. The highest BCUT2D eigenvalue weighted by Gasteiger charge is 2.18. The first-order chi connectivity index (χ1) is 8.49. The maximum absolute atomic E-state index is 12.8. The van der Waals surface area contributed by atoms with E-state index >= 15 is 0 Å². The van der Waals surface area contributed by atoms with E-state index in [1.165, 1.54) is 6.07 Å². The number of alkyl halides is 3. The molecule has 7 heteroatoms. The van der Waals surface area contributed by atoms with Gasteiger partial charge in [0.25, 0.3) is 6.43 Å². The second-order valence-corrected chi connectivity index (χ2v) is 4.73. The van der Waals surface area contributed by atoms with Crippen LogP contribution in [0.4, 0.5) is 8.78 Å². The Kier molecular flexibility index (Phi) is 6.14. The molecule has 0 N–H and O–H groups in total. The summed E-state index contributed by atoms with van der Waals surface area (Å²) >= 11 is 6.25. The number of hydrogen-bond donors (Lipinski definition) is 0. The smallest absolute Gasteiger partial charge is 0.311 e. The van der Waals surface area contributed by atoms with Gasteiger partial charge in [0.2, 0.25) is 0 Å². The average molecular weight is 387 g/mol. The summed E-state index contributed by atoms with van der Waals surface area (Å²) in [5, 5.41) is 0.323. The number of halogens is 4. The molecule has 0 radical (unpaired) electrons. The molecule has 0 spiro atoms. The van der Waals surface area contributed by atoms with Crippen LogP contribution in [0.3, 0.4) is 0 Å². The van der Waals surface area contributed by atoms with Crippen molar-refractivity contribution in [3.8, 4) is 0 Å². The topological polar surface area (TPSA) is 39.2 Å². The molecular formula is C11H11Br2F2NO2. The summed E-state index contributed by atoms with van der Waals surface area (Å²) in [7, 11) is 0. The standard InChI is InChI=1S/C11H11Br2F2NO2/c1-2-18-9(17)4-6-3-7(11(14)15)10(13)8(5-12)16-6/h3,11H,2,4-5H2,1H3. The van der Waals surface area contributed by atoms with E-state index in [-0.39, 0.29) is 28.8 Å². The van der Waals surface area contributed by atoms with E-state index < -0.39 is 12.4 Å². The predicted octanol–water partition coefficient (Wildman–Crippen LogP) is 3.78. The van der Waals surface area contributed by atoms with E-state index in [0.717, 1.165) is 0 Å². The minimum Gasteiger partial charge on any atom is -0.466 e. The summed E-state index contributed by atoms with van der Waals surface area (Å²) in [6.45, 7) is 1.93. The molecule has 0 aromatic carbocycles. The number of carbonyl (C=O) groups is 1. The molecular weight excluding hydrogens is 376 g/mol. The minimum atomic E-state index is -2.62. The molecule has 100 valence electrons. The third kappa shape index (κ3) is 3.98. The SMILES string of the molecule is CCOC(=O)Cc1cc(C(F)F)c(Br)c(CBr)n1. The lowest BCUT2D eigenvalue weighted by atomic mass is 10.1. The van der Waals surface area contributed by atoms with Gasteiger partial charge in [-0.25, -0.2) is 8.78 Å². The Bertz CT molecular complexity index is 441. The van der Waals surface area contributed by atoms with Crippen LogP contribution >= 0.6 is 31.9 Å². The molecule has 0 fully saturated rings. The molecule has 1 rings (SSSR count). The van der Waals surface area contributed by atoms with Gasteiger partial charge in [-0.1, -0.05) is 15.9 Å². The molecule has 1 aromatic heterocycles. The van der Waals surface area contributed by atoms with Crippen LogP contribution in [-0.4, -0.2) is 17.6 Å². The van der Waals surface area contributed by atoms with Crippen LogP contribution in [0.5, 0.6) is 0 Å². The van der Waals surface area contributed by atoms with E-state index in [4.69, 9.17) is 4.74 Å². The van der Waals surface area contributed by atoms with Crippen LogP contribution in [0, 0.1) is 0 Å². The van der Waals surface area contributed by atoms with Gasteiger partial charge in [0.15, 0.2) is 0 Å². The quantitative estimate of drug-likeness (QED) is 0.571. The Hall–Kier alpha value is -0.560. The second-order valence-electron chi connectivity index (χ2n) is 3.38. The highest BCUT2D eigenvalue weighted by Crippen LogP contribution is 2.31. The summed E-state index contributed by atoms with van der Waals surface area (Å²) in [6, 6.07) is 1.22. The third-order valence-electron chi connectivity index (χ3n) is 2.10. The second kappa shape index (κ2) is 7.13. The number of rotatable bonds is 5. The van der Waals surface area contributed by atoms with E-state index in [1.807, 2.05) is 0 Å². The van der Waals surface area contributed by atoms with Crippen molar-refractivity contribution in [2.45, 2.75) is 25.1 Å². The first-order valence-corrected chi connectivity index (χ1v) is 7.09. The summed E-state index contributed by atoms with van der Waals surface area (Å²) in [5.41, 5.74) is 0.548. The van der Waals surface area contributed by atoms with Crippen LogP contribution in [0.2, 0.25) is 0 Å². The van der Waals surface area contributed by atoms with E-state index in [1.54, 1.807) is 6.92 Å². The number of nitrogens with zero attached hydrogens (tertiary/aromatic N) is 1. The zero-order valence-electron chi connectivity index (χ0n) is 9.55. The fraction of sp³-hybridized carbons (Fsp3) is 0.455. The first-order valence-electron chi connectivity index (χ1n) is 5.17. The van der Waals surface area contributed by atoms with Gasteiger partial charge in [-0.2, -0.15) is 0 Å². The van der Waals surface area contributed by atoms with Crippen molar-refractivity contribution in [2.24, 2.45) is 0 Å². The Morgan fingerprint density at radius 1 is 1.56 bits per heavy atom. The van der Waals surface area contributed by atoms with Crippen molar-refractivity contribution in [2.75, 3.05) is 6.61 Å². The Morgan fingerprint density at radius 3 is 2.72 bits per heavy atom. The van der Waals surface area contributed by atoms with Gasteiger partial charge in [-0.15, -0.1) is 0 Å². The Morgan fingerprint density at radius 2 is 2.22 bits per heavy atom. The molecule has 0 aliphatic carbocycles. The number of hydrogen-bond acceptors (Lipinski definition) is 3. The summed E-state index contributed by atoms with van der Waals surface area (Å²) in [5.74, 6) is -0.479. The molecule has 0 saturated carbocycles. The van der Waals surface area contributed by atoms with Gasteiger partial charge in [0.05, 0.1) is 24.4 Å².